The molecule has 0 fully saturated rings. The zero-order valence-electron chi connectivity index (χ0n) is 24.9. The minimum Gasteiger partial charge on any atom is -0.309 e. The molecule has 46 heavy (non-hydrogen) atoms. The summed E-state index contributed by atoms with van der Waals surface area (Å²) in [5.41, 5.74) is 11.8. The quantitative estimate of drug-likeness (QED) is 0.202. The summed E-state index contributed by atoms with van der Waals surface area (Å²) in [6.45, 7) is 0. The molecule has 2 aromatic heterocycles. The van der Waals surface area contributed by atoms with Crippen molar-refractivity contribution in [3.05, 3.63) is 169 Å². The van der Waals surface area contributed by atoms with Gasteiger partial charge < -0.3 is 9.13 Å². The number of benzene rings is 7. The molecule has 214 valence electrons. The van der Waals surface area contributed by atoms with Crippen molar-refractivity contribution in [1.29, 1.82) is 5.26 Å². The summed E-state index contributed by atoms with van der Waals surface area (Å²) in [4.78, 5) is 0. The van der Waals surface area contributed by atoms with Crippen LogP contribution in [0.15, 0.2) is 164 Å². The molecule has 0 unspecified atom stereocenters. The summed E-state index contributed by atoms with van der Waals surface area (Å²) in [6.07, 6.45) is 0. The summed E-state index contributed by atoms with van der Waals surface area (Å²) < 4.78 is 4.72. The molecule has 0 saturated carbocycles. The molecule has 9 aromatic rings. The third kappa shape index (κ3) is 3.91. The van der Waals surface area contributed by atoms with Crippen LogP contribution in [0.1, 0.15) is 5.56 Å². The van der Waals surface area contributed by atoms with E-state index in [0.29, 0.717) is 5.56 Å². The first-order valence-corrected chi connectivity index (χ1v) is 15.5. The summed E-state index contributed by atoms with van der Waals surface area (Å²) in [6, 6.07) is 60.1. The number of nitriles is 1. The predicted octanol–water partition coefficient (Wildman–Crippen LogP) is 11.1. The van der Waals surface area contributed by atoms with Crippen LogP contribution in [0.3, 0.4) is 0 Å². The SMILES string of the molecule is N#Cc1ccccc1-c1ccc(-n2c3ccccc3c3ccccc32)c(-c2ccc(-n3c4ccccc4c4ccccc43)cc2)c1. The molecule has 9 rings (SSSR count). The van der Waals surface area contributed by atoms with Crippen LogP contribution in [0.5, 0.6) is 0 Å². The maximum atomic E-state index is 9.92. The van der Waals surface area contributed by atoms with Gasteiger partial charge in [-0.05, 0) is 71.3 Å². The standard InChI is InChI=1S/C43H27N3/c44-28-31-11-1-2-12-33(31)30-23-26-43(46-41-19-9-5-15-36(41)37-16-6-10-20-42(37)46)38(27-30)29-21-24-32(25-22-29)45-39-17-7-3-13-34(39)35-14-4-8-18-40(35)45/h1-27H. The molecule has 0 saturated heterocycles. The van der Waals surface area contributed by atoms with Crippen molar-refractivity contribution in [3.8, 4) is 39.7 Å². The van der Waals surface area contributed by atoms with Crippen LogP contribution in [-0.4, -0.2) is 9.13 Å². The van der Waals surface area contributed by atoms with E-state index < -0.39 is 0 Å². The van der Waals surface area contributed by atoms with Crippen LogP contribution in [-0.2, 0) is 0 Å². The Morgan fingerprint density at radius 3 is 1.39 bits per heavy atom. The highest BCUT2D eigenvalue weighted by molar-refractivity contribution is 6.10. The van der Waals surface area contributed by atoms with Crippen molar-refractivity contribution >= 4 is 43.6 Å². The highest BCUT2D eigenvalue weighted by atomic mass is 15.0. The van der Waals surface area contributed by atoms with E-state index in [1.54, 1.807) is 0 Å². The number of hydrogen-bond donors (Lipinski definition) is 0. The van der Waals surface area contributed by atoms with Gasteiger partial charge in [-0.2, -0.15) is 5.26 Å². The molecule has 0 amide bonds. The van der Waals surface area contributed by atoms with Crippen molar-refractivity contribution < 1.29 is 0 Å². The van der Waals surface area contributed by atoms with Crippen molar-refractivity contribution in [3.63, 3.8) is 0 Å². The van der Waals surface area contributed by atoms with Crippen molar-refractivity contribution in [2.75, 3.05) is 0 Å². The molecule has 3 heteroatoms. The molecule has 7 aromatic carbocycles. The largest absolute Gasteiger partial charge is 0.309 e. The first-order chi connectivity index (χ1) is 22.8. The first-order valence-electron chi connectivity index (χ1n) is 15.5. The fourth-order valence-electron chi connectivity index (χ4n) is 7.13. The third-order valence-electron chi connectivity index (χ3n) is 9.19. The molecule has 0 atom stereocenters. The minimum atomic E-state index is 0.666. The van der Waals surface area contributed by atoms with Crippen LogP contribution in [0.4, 0.5) is 0 Å². The molecule has 0 spiro atoms. The third-order valence-corrected chi connectivity index (χ3v) is 9.19. The molecule has 0 aliphatic carbocycles. The van der Waals surface area contributed by atoms with E-state index in [0.717, 1.165) is 44.7 Å². The molecule has 0 aliphatic rings. The van der Waals surface area contributed by atoms with Crippen molar-refractivity contribution in [2.24, 2.45) is 0 Å². The first kappa shape index (κ1) is 26.1. The number of para-hydroxylation sites is 4. The van der Waals surface area contributed by atoms with Gasteiger partial charge in [-0.15, -0.1) is 0 Å². The van der Waals surface area contributed by atoms with Gasteiger partial charge in [-0.3, -0.25) is 0 Å². The van der Waals surface area contributed by atoms with Gasteiger partial charge in [-0.1, -0.05) is 109 Å². The highest BCUT2D eigenvalue weighted by Crippen LogP contribution is 2.39. The van der Waals surface area contributed by atoms with E-state index in [-0.39, 0.29) is 0 Å². The normalized spacial score (nSPS) is 11.5. The van der Waals surface area contributed by atoms with Crippen molar-refractivity contribution in [1.82, 2.24) is 9.13 Å². The topological polar surface area (TPSA) is 33.6 Å². The summed E-state index contributed by atoms with van der Waals surface area (Å²) in [5.74, 6) is 0. The lowest BCUT2D eigenvalue weighted by Crippen LogP contribution is -1.99. The second-order valence-electron chi connectivity index (χ2n) is 11.7. The van der Waals surface area contributed by atoms with E-state index in [1.807, 2.05) is 24.3 Å². The Hall–Kier alpha value is -6.37. The number of nitrogens with zero attached hydrogens (tertiary/aromatic N) is 3. The van der Waals surface area contributed by atoms with Crippen LogP contribution >= 0.6 is 0 Å². The van der Waals surface area contributed by atoms with E-state index in [4.69, 9.17) is 0 Å². The molecule has 3 nitrogen and oxygen atoms in total. The zero-order chi connectivity index (χ0) is 30.6. The smallest absolute Gasteiger partial charge is 0.0998 e. The Kier molecular flexibility index (Phi) is 5.88. The molecular formula is C43H27N3. The Morgan fingerprint density at radius 2 is 0.848 bits per heavy atom. The molecule has 0 N–H and O–H groups in total. The van der Waals surface area contributed by atoms with E-state index >= 15 is 0 Å². The molecule has 0 aliphatic heterocycles. The van der Waals surface area contributed by atoms with Gasteiger partial charge in [0, 0.05) is 32.8 Å². The van der Waals surface area contributed by atoms with Gasteiger partial charge in [-0.25, -0.2) is 0 Å². The number of hydrogen-bond acceptors (Lipinski definition) is 1. The number of aromatic nitrogens is 2. The maximum absolute atomic E-state index is 9.92. The Balaban J connectivity index is 1.29. The van der Waals surface area contributed by atoms with Gasteiger partial charge in [0.2, 0.25) is 0 Å². The fourth-order valence-corrected chi connectivity index (χ4v) is 7.13. The lowest BCUT2D eigenvalue weighted by atomic mass is 9.94. The lowest BCUT2D eigenvalue weighted by Gasteiger charge is -2.17. The Labute approximate surface area is 266 Å². The number of rotatable bonds is 4. The van der Waals surface area contributed by atoms with Gasteiger partial charge >= 0.3 is 0 Å². The average Bonchev–Trinajstić information content (AvgIpc) is 3.65. The second kappa shape index (κ2) is 10.4. The number of fused-ring (bicyclic) bond motifs is 6. The van der Waals surface area contributed by atoms with Gasteiger partial charge in [0.15, 0.2) is 0 Å². The molecule has 0 radical (unpaired) electrons. The summed E-state index contributed by atoms with van der Waals surface area (Å²) in [7, 11) is 0. The Morgan fingerprint density at radius 1 is 0.391 bits per heavy atom. The van der Waals surface area contributed by atoms with Gasteiger partial charge in [0.05, 0.1) is 39.4 Å². The lowest BCUT2D eigenvalue weighted by molar-refractivity contribution is 1.17. The molecule has 0 bridgehead atoms. The second-order valence-corrected chi connectivity index (χ2v) is 11.7. The molecular weight excluding hydrogens is 558 g/mol. The van der Waals surface area contributed by atoms with Crippen LogP contribution in [0.2, 0.25) is 0 Å². The monoisotopic (exact) mass is 585 g/mol. The zero-order valence-corrected chi connectivity index (χ0v) is 24.9. The highest BCUT2D eigenvalue weighted by Gasteiger charge is 2.18. The molecule has 2 heterocycles. The average molecular weight is 586 g/mol. The minimum absolute atomic E-state index is 0.666. The van der Waals surface area contributed by atoms with Gasteiger partial charge in [0.1, 0.15) is 0 Å². The maximum Gasteiger partial charge on any atom is 0.0998 e. The van der Waals surface area contributed by atoms with E-state index in [9.17, 15) is 5.26 Å². The van der Waals surface area contributed by atoms with Crippen molar-refractivity contribution in [2.45, 2.75) is 0 Å². The van der Waals surface area contributed by atoms with Crippen LogP contribution in [0, 0.1) is 11.3 Å². The summed E-state index contributed by atoms with van der Waals surface area (Å²) in [5, 5.41) is 14.9. The van der Waals surface area contributed by atoms with Crippen LogP contribution < -0.4 is 0 Å². The Bertz CT molecular complexity index is 2540. The van der Waals surface area contributed by atoms with Crippen LogP contribution in [0.25, 0.3) is 77.2 Å². The predicted molar refractivity (Wildman–Crippen MR) is 191 cm³/mol. The van der Waals surface area contributed by atoms with Gasteiger partial charge in [0.25, 0.3) is 0 Å². The fraction of sp³-hybridized carbons (Fsp3) is 0. The van der Waals surface area contributed by atoms with E-state index in [2.05, 4.69) is 155 Å². The van der Waals surface area contributed by atoms with E-state index in [1.165, 1.54) is 32.6 Å². The summed E-state index contributed by atoms with van der Waals surface area (Å²) >= 11 is 0.